The summed E-state index contributed by atoms with van der Waals surface area (Å²) in [4.78, 5) is 28.2. The molecule has 2 aromatic rings. The first-order valence-electron chi connectivity index (χ1n) is 12.6. The van der Waals surface area contributed by atoms with Crippen molar-refractivity contribution >= 4 is 16.7 Å². The van der Waals surface area contributed by atoms with E-state index in [1.54, 1.807) is 4.68 Å². The van der Waals surface area contributed by atoms with Gasteiger partial charge in [-0.3, -0.25) is 9.59 Å². The normalized spacial score (nSPS) is 21.8. The van der Waals surface area contributed by atoms with Crippen LogP contribution in [0.2, 0.25) is 0 Å². The molecule has 2 fully saturated rings. The van der Waals surface area contributed by atoms with Gasteiger partial charge in [-0.05, 0) is 63.6 Å². The molecule has 1 N–H and O–H groups in total. The van der Waals surface area contributed by atoms with Crippen LogP contribution in [-0.4, -0.2) is 40.2 Å². The molecule has 0 radical (unpaired) electrons. The molecule has 1 saturated carbocycles. The summed E-state index contributed by atoms with van der Waals surface area (Å²) in [5, 5.41) is 9.35. The molecule has 2 aliphatic rings. The topological polar surface area (TPSA) is 67.2 Å². The second-order valence-corrected chi connectivity index (χ2v) is 9.65. The van der Waals surface area contributed by atoms with E-state index in [1.807, 2.05) is 24.3 Å². The van der Waals surface area contributed by atoms with E-state index in [9.17, 15) is 9.59 Å². The zero-order valence-corrected chi connectivity index (χ0v) is 19.5. The summed E-state index contributed by atoms with van der Waals surface area (Å²) in [6.07, 6.45) is 10.6. The highest BCUT2D eigenvalue weighted by atomic mass is 16.2. The van der Waals surface area contributed by atoms with Gasteiger partial charge < -0.3 is 10.2 Å². The van der Waals surface area contributed by atoms with Gasteiger partial charge in [-0.2, -0.15) is 5.10 Å². The summed E-state index contributed by atoms with van der Waals surface area (Å²) in [5.41, 5.74) is 0.742. The minimum absolute atomic E-state index is 0.0414. The molecule has 1 saturated heterocycles. The Morgan fingerprint density at radius 1 is 1.06 bits per heavy atom. The first-order chi connectivity index (χ1) is 15.7. The van der Waals surface area contributed by atoms with Crippen LogP contribution >= 0.6 is 0 Å². The van der Waals surface area contributed by atoms with Gasteiger partial charge in [0.1, 0.15) is 0 Å². The zero-order chi connectivity index (χ0) is 22.3. The van der Waals surface area contributed by atoms with Gasteiger partial charge in [0.25, 0.3) is 5.56 Å². The fourth-order valence-electron chi connectivity index (χ4n) is 5.35. The first-order valence-corrected chi connectivity index (χ1v) is 12.6. The minimum Gasteiger partial charge on any atom is -0.350 e. The summed E-state index contributed by atoms with van der Waals surface area (Å²) >= 11 is 0. The van der Waals surface area contributed by atoms with Crippen LogP contribution in [0.15, 0.2) is 29.1 Å². The van der Waals surface area contributed by atoms with E-state index in [-0.39, 0.29) is 17.4 Å². The summed E-state index contributed by atoms with van der Waals surface area (Å²) in [7, 11) is 0. The second-order valence-electron chi connectivity index (χ2n) is 9.65. The van der Waals surface area contributed by atoms with Crippen molar-refractivity contribution in [3.8, 4) is 0 Å². The minimum atomic E-state index is -0.0414. The van der Waals surface area contributed by atoms with Crippen LogP contribution in [0.1, 0.15) is 70.4 Å². The lowest BCUT2D eigenvalue weighted by Crippen LogP contribution is -2.35. The number of aromatic nitrogens is 2. The monoisotopic (exact) mass is 438 g/mol. The molecule has 1 aromatic carbocycles. The smallest absolute Gasteiger partial charge is 0.274 e. The Bertz CT molecular complexity index is 956. The van der Waals surface area contributed by atoms with Crippen molar-refractivity contribution < 1.29 is 4.79 Å². The van der Waals surface area contributed by atoms with Gasteiger partial charge >= 0.3 is 0 Å². The van der Waals surface area contributed by atoms with E-state index in [1.165, 1.54) is 44.9 Å². The molecule has 174 valence electrons. The standard InChI is InChI=1S/C26H38N4O2/c1-2-3-8-20-11-13-21(14-12-20)25(31)27-19-24-22-9-4-5-10-23(22)26(32)30(28-24)18-17-29-15-6-7-16-29/h4-5,9-10,20-21H,2-3,6-8,11-19H2,1H3,(H,27,31). The lowest BCUT2D eigenvalue weighted by molar-refractivity contribution is -0.126. The third kappa shape index (κ3) is 5.58. The molecule has 1 aliphatic carbocycles. The van der Waals surface area contributed by atoms with Gasteiger partial charge in [0.2, 0.25) is 5.91 Å². The SMILES string of the molecule is CCCCC1CCC(C(=O)NCc2nn(CCN3CCCC3)c(=O)c3ccccc23)CC1. The largest absolute Gasteiger partial charge is 0.350 e. The quantitative estimate of drug-likeness (QED) is 0.640. The molecule has 0 bridgehead atoms. The van der Waals surface area contributed by atoms with Gasteiger partial charge in [-0.15, -0.1) is 0 Å². The highest BCUT2D eigenvalue weighted by Gasteiger charge is 2.26. The highest BCUT2D eigenvalue weighted by molar-refractivity contribution is 5.84. The van der Waals surface area contributed by atoms with E-state index in [4.69, 9.17) is 0 Å². The van der Waals surface area contributed by atoms with Crippen LogP contribution in [0.5, 0.6) is 0 Å². The van der Waals surface area contributed by atoms with E-state index in [0.717, 1.165) is 49.5 Å². The number of carbonyl (C=O) groups excluding carboxylic acids is 1. The Kier molecular flexibility index (Phi) is 7.95. The summed E-state index contributed by atoms with van der Waals surface area (Å²) < 4.78 is 1.60. The number of amides is 1. The number of nitrogens with one attached hydrogen (secondary N) is 1. The van der Waals surface area contributed by atoms with E-state index in [2.05, 4.69) is 22.2 Å². The Labute approximate surface area is 191 Å². The Balaban J connectivity index is 1.41. The van der Waals surface area contributed by atoms with Crippen LogP contribution in [0.25, 0.3) is 10.8 Å². The maximum absolute atomic E-state index is 13.0. The summed E-state index contributed by atoms with van der Waals surface area (Å²) in [6, 6.07) is 7.64. The number of fused-ring (bicyclic) bond motifs is 1. The van der Waals surface area contributed by atoms with Crippen LogP contribution in [0, 0.1) is 11.8 Å². The average Bonchev–Trinajstić information content (AvgIpc) is 3.35. The summed E-state index contributed by atoms with van der Waals surface area (Å²) in [5.74, 6) is 1.05. The predicted octanol–water partition coefficient (Wildman–Crippen LogP) is 4.11. The molecule has 1 aromatic heterocycles. The fourth-order valence-corrected chi connectivity index (χ4v) is 5.35. The first kappa shape index (κ1) is 23.0. The highest BCUT2D eigenvalue weighted by Crippen LogP contribution is 2.32. The van der Waals surface area contributed by atoms with Crippen LogP contribution in [0.4, 0.5) is 0 Å². The zero-order valence-electron chi connectivity index (χ0n) is 19.5. The molecular weight excluding hydrogens is 400 g/mol. The van der Waals surface area contributed by atoms with E-state index in [0.29, 0.717) is 18.5 Å². The van der Waals surface area contributed by atoms with Gasteiger partial charge in [-0.25, -0.2) is 4.68 Å². The molecule has 6 nitrogen and oxygen atoms in total. The lowest BCUT2D eigenvalue weighted by Gasteiger charge is -2.27. The molecule has 6 heteroatoms. The maximum atomic E-state index is 13.0. The van der Waals surface area contributed by atoms with Crippen molar-refractivity contribution in [3.05, 3.63) is 40.3 Å². The Morgan fingerprint density at radius 3 is 2.50 bits per heavy atom. The average molecular weight is 439 g/mol. The van der Waals surface area contributed by atoms with Crippen molar-refractivity contribution in [2.75, 3.05) is 19.6 Å². The van der Waals surface area contributed by atoms with Crippen molar-refractivity contribution in [2.45, 2.75) is 77.8 Å². The fraction of sp³-hybridized carbons (Fsp3) is 0.654. The van der Waals surface area contributed by atoms with Crippen LogP contribution in [0.3, 0.4) is 0 Å². The van der Waals surface area contributed by atoms with E-state index < -0.39 is 0 Å². The molecule has 0 atom stereocenters. The van der Waals surface area contributed by atoms with Gasteiger partial charge in [0.15, 0.2) is 0 Å². The number of unbranched alkanes of at least 4 members (excludes halogenated alkanes) is 1. The van der Waals surface area contributed by atoms with Gasteiger partial charge in [0, 0.05) is 17.8 Å². The Hall–Kier alpha value is -2.21. The van der Waals surface area contributed by atoms with Crippen molar-refractivity contribution in [2.24, 2.45) is 11.8 Å². The molecular formula is C26H38N4O2. The number of rotatable bonds is 9. The third-order valence-corrected chi connectivity index (χ3v) is 7.38. The second kappa shape index (κ2) is 11.1. The summed E-state index contributed by atoms with van der Waals surface area (Å²) in [6.45, 7) is 6.26. The molecule has 32 heavy (non-hydrogen) atoms. The molecule has 1 aliphatic heterocycles. The lowest BCUT2D eigenvalue weighted by atomic mass is 9.79. The number of hydrogen-bond acceptors (Lipinski definition) is 4. The van der Waals surface area contributed by atoms with Crippen molar-refractivity contribution in [3.63, 3.8) is 0 Å². The molecule has 0 unspecified atom stereocenters. The number of hydrogen-bond donors (Lipinski definition) is 1. The third-order valence-electron chi connectivity index (χ3n) is 7.38. The molecule has 4 rings (SSSR count). The Morgan fingerprint density at radius 2 is 1.78 bits per heavy atom. The number of nitrogens with zero attached hydrogens (tertiary/aromatic N) is 3. The van der Waals surface area contributed by atoms with Gasteiger partial charge in [0.05, 0.1) is 24.2 Å². The number of carbonyl (C=O) groups is 1. The maximum Gasteiger partial charge on any atom is 0.274 e. The van der Waals surface area contributed by atoms with Crippen molar-refractivity contribution in [1.82, 2.24) is 20.0 Å². The van der Waals surface area contributed by atoms with Crippen LogP contribution < -0.4 is 10.9 Å². The molecule has 0 spiro atoms. The number of likely N-dealkylation sites (tertiary alicyclic amines) is 1. The van der Waals surface area contributed by atoms with Crippen molar-refractivity contribution in [1.29, 1.82) is 0 Å². The predicted molar refractivity (Wildman–Crippen MR) is 128 cm³/mol. The molecule has 2 heterocycles. The number of benzene rings is 1. The van der Waals surface area contributed by atoms with E-state index >= 15 is 0 Å². The van der Waals surface area contributed by atoms with Gasteiger partial charge in [-0.1, -0.05) is 44.4 Å². The molecule has 1 amide bonds. The van der Waals surface area contributed by atoms with Crippen LogP contribution in [-0.2, 0) is 17.9 Å².